The SMILES string of the molecule is CC(=O)NCC1CN(c2ccc(N3CCN(C(=O)C4CCc5ccccc5C4)CC3)c(F)c2)C(=O)O1. The second-order valence-corrected chi connectivity index (χ2v) is 9.71. The van der Waals surface area contributed by atoms with Gasteiger partial charge in [-0.3, -0.25) is 14.5 Å². The molecule has 3 aliphatic rings. The van der Waals surface area contributed by atoms with E-state index < -0.39 is 18.0 Å². The number of carbonyl (C=O) groups excluding carboxylic acids is 3. The van der Waals surface area contributed by atoms with Crippen LogP contribution in [-0.4, -0.2) is 68.2 Å². The minimum atomic E-state index is -0.560. The van der Waals surface area contributed by atoms with Gasteiger partial charge in [0, 0.05) is 39.0 Å². The fourth-order valence-corrected chi connectivity index (χ4v) is 5.35. The monoisotopic (exact) mass is 494 g/mol. The number of halogens is 1. The summed E-state index contributed by atoms with van der Waals surface area (Å²) in [6, 6.07) is 13.1. The van der Waals surface area contributed by atoms with Crippen LogP contribution in [0.1, 0.15) is 24.5 Å². The lowest BCUT2D eigenvalue weighted by molar-refractivity contribution is -0.136. The largest absolute Gasteiger partial charge is 0.442 e. The molecule has 2 aromatic carbocycles. The van der Waals surface area contributed by atoms with E-state index in [9.17, 15) is 14.4 Å². The van der Waals surface area contributed by atoms with Crippen molar-refractivity contribution in [2.24, 2.45) is 5.92 Å². The molecule has 2 unspecified atom stereocenters. The molecule has 2 aromatic rings. The van der Waals surface area contributed by atoms with Crippen molar-refractivity contribution >= 4 is 29.3 Å². The molecule has 3 amide bonds. The lowest BCUT2D eigenvalue weighted by atomic mass is 9.83. The smallest absolute Gasteiger partial charge is 0.414 e. The lowest BCUT2D eigenvalue weighted by Gasteiger charge is -2.38. The summed E-state index contributed by atoms with van der Waals surface area (Å²) in [5.74, 6) is -0.418. The van der Waals surface area contributed by atoms with Crippen molar-refractivity contribution in [3.05, 3.63) is 59.4 Å². The van der Waals surface area contributed by atoms with Crippen molar-refractivity contribution in [2.75, 3.05) is 49.1 Å². The first kappa shape index (κ1) is 24.1. The van der Waals surface area contributed by atoms with Crippen LogP contribution in [0, 0.1) is 11.7 Å². The van der Waals surface area contributed by atoms with Gasteiger partial charge in [-0.15, -0.1) is 0 Å². The first-order chi connectivity index (χ1) is 17.4. The van der Waals surface area contributed by atoms with Crippen LogP contribution in [0.25, 0.3) is 0 Å². The highest BCUT2D eigenvalue weighted by atomic mass is 19.1. The number of aryl methyl sites for hydroxylation is 1. The van der Waals surface area contributed by atoms with Crippen molar-refractivity contribution in [1.29, 1.82) is 0 Å². The highest BCUT2D eigenvalue weighted by Crippen LogP contribution is 2.30. The maximum atomic E-state index is 15.1. The summed E-state index contributed by atoms with van der Waals surface area (Å²) in [5, 5.41) is 2.63. The molecule has 0 radical (unpaired) electrons. The summed E-state index contributed by atoms with van der Waals surface area (Å²) < 4.78 is 20.4. The maximum Gasteiger partial charge on any atom is 0.414 e. The highest BCUT2D eigenvalue weighted by molar-refractivity contribution is 5.90. The fraction of sp³-hybridized carbons (Fsp3) is 0.444. The Morgan fingerprint density at radius 2 is 1.83 bits per heavy atom. The van der Waals surface area contributed by atoms with Crippen molar-refractivity contribution in [2.45, 2.75) is 32.3 Å². The fourth-order valence-electron chi connectivity index (χ4n) is 5.35. The van der Waals surface area contributed by atoms with E-state index in [1.165, 1.54) is 29.0 Å². The average molecular weight is 495 g/mol. The molecular weight excluding hydrogens is 463 g/mol. The number of rotatable bonds is 5. The molecule has 2 heterocycles. The van der Waals surface area contributed by atoms with Gasteiger partial charge in [0.1, 0.15) is 11.9 Å². The Balaban J connectivity index is 1.17. The summed E-state index contributed by atoms with van der Waals surface area (Å²) in [4.78, 5) is 41.8. The number of hydrogen-bond donors (Lipinski definition) is 1. The van der Waals surface area contributed by atoms with Gasteiger partial charge in [0.05, 0.1) is 24.5 Å². The van der Waals surface area contributed by atoms with Gasteiger partial charge in [-0.05, 0) is 48.6 Å². The quantitative estimate of drug-likeness (QED) is 0.691. The second kappa shape index (κ2) is 10.2. The standard InChI is InChI=1S/C27H31FN4O4/c1-18(33)29-16-23-17-32(27(35)36-23)22-8-9-25(24(28)15-22)30-10-12-31(13-11-30)26(34)21-7-6-19-4-2-3-5-20(19)14-21/h2-5,8-9,15,21,23H,6-7,10-14,16-17H2,1H3,(H,29,33). The second-order valence-electron chi connectivity index (χ2n) is 9.71. The van der Waals surface area contributed by atoms with E-state index in [0.29, 0.717) is 37.6 Å². The molecule has 2 atom stereocenters. The molecule has 36 heavy (non-hydrogen) atoms. The number of carbonyl (C=O) groups is 3. The number of anilines is 2. The number of fused-ring (bicyclic) bond motifs is 1. The number of piperazine rings is 1. The number of hydrogen-bond acceptors (Lipinski definition) is 5. The van der Waals surface area contributed by atoms with Crippen LogP contribution in [0.4, 0.5) is 20.6 Å². The normalized spacial score (nSPS) is 21.7. The molecule has 2 aliphatic heterocycles. The minimum Gasteiger partial charge on any atom is -0.442 e. The Morgan fingerprint density at radius 1 is 1.08 bits per heavy atom. The zero-order chi connectivity index (χ0) is 25.2. The molecule has 2 saturated heterocycles. The van der Waals surface area contributed by atoms with Crippen LogP contribution in [-0.2, 0) is 27.2 Å². The van der Waals surface area contributed by atoms with Gasteiger partial charge < -0.3 is 19.9 Å². The number of ether oxygens (including phenoxy) is 1. The topological polar surface area (TPSA) is 82.2 Å². The Hall–Kier alpha value is -3.62. The average Bonchev–Trinajstić information content (AvgIpc) is 3.27. The molecule has 0 bridgehead atoms. The minimum absolute atomic E-state index is 0.0113. The van der Waals surface area contributed by atoms with Gasteiger partial charge in [-0.2, -0.15) is 0 Å². The zero-order valence-electron chi connectivity index (χ0n) is 20.4. The molecule has 0 aromatic heterocycles. The van der Waals surface area contributed by atoms with E-state index in [0.717, 1.165) is 19.3 Å². The third kappa shape index (κ3) is 5.01. The molecule has 8 nitrogen and oxygen atoms in total. The van der Waals surface area contributed by atoms with Crippen LogP contribution in [0.3, 0.4) is 0 Å². The molecule has 190 valence electrons. The molecule has 0 saturated carbocycles. The van der Waals surface area contributed by atoms with Gasteiger partial charge in [-0.25, -0.2) is 9.18 Å². The third-order valence-corrected chi connectivity index (χ3v) is 7.32. The van der Waals surface area contributed by atoms with Gasteiger partial charge in [-0.1, -0.05) is 24.3 Å². The van der Waals surface area contributed by atoms with E-state index in [2.05, 4.69) is 17.4 Å². The van der Waals surface area contributed by atoms with E-state index in [1.54, 1.807) is 12.1 Å². The van der Waals surface area contributed by atoms with Crippen molar-refractivity contribution < 1.29 is 23.5 Å². The highest BCUT2D eigenvalue weighted by Gasteiger charge is 2.34. The predicted molar refractivity (Wildman–Crippen MR) is 133 cm³/mol. The summed E-state index contributed by atoms with van der Waals surface area (Å²) in [7, 11) is 0. The Bertz CT molecular complexity index is 1160. The summed E-state index contributed by atoms with van der Waals surface area (Å²) in [6.07, 6.45) is 1.55. The van der Waals surface area contributed by atoms with E-state index >= 15 is 4.39 Å². The lowest BCUT2D eigenvalue weighted by Crippen LogP contribution is -2.51. The Kier molecular flexibility index (Phi) is 6.80. The van der Waals surface area contributed by atoms with Crippen LogP contribution in [0.2, 0.25) is 0 Å². The van der Waals surface area contributed by atoms with Gasteiger partial charge >= 0.3 is 6.09 Å². The van der Waals surface area contributed by atoms with Crippen LogP contribution >= 0.6 is 0 Å². The molecule has 5 rings (SSSR count). The molecule has 1 aliphatic carbocycles. The van der Waals surface area contributed by atoms with E-state index in [-0.39, 0.29) is 30.8 Å². The number of amides is 3. The van der Waals surface area contributed by atoms with E-state index in [4.69, 9.17) is 4.74 Å². The van der Waals surface area contributed by atoms with E-state index in [1.807, 2.05) is 21.9 Å². The van der Waals surface area contributed by atoms with Gasteiger partial charge in [0.15, 0.2) is 0 Å². The van der Waals surface area contributed by atoms with Gasteiger partial charge in [0.25, 0.3) is 0 Å². The van der Waals surface area contributed by atoms with Crippen LogP contribution in [0.15, 0.2) is 42.5 Å². The molecule has 0 spiro atoms. The summed E-state index contributed by atoms with van der Waals surface area (Å²) in [6.45, 7) is 4.07. The number of benzene rings is 2. The van der Waals surface area contributed by atoms with Crippen LogP contribution in [0.5, 0.6) is 0 Å². The molecule has 9 heteroatoms. The maximum absolute atomic E-state index is 15.1. The molecule has 2 fully saturated rings. The van der Waals surface area contributed by atoms with Crippen molar-refractivity contribution in [3.8, 4) is 0 Å². The number of nitrogens with one attached hydrogen (secondary N) is 1. The summed E-state index contributed by atoms with van der Waals surface area (Å²) in [5.41, 5.74) is 3.49. The first-order valence-corrected chi connectivity index (χ1v) is 12.5. The Morgan fingerprint density at radius 3 is 2.56 bits per heavy atom. The third-order valence-electron chi connectivity index (χ3n) is 7.32. The van der Waals surface area contributed by atoms with Crippen molar-refractivity contribution in [1.82, 2.24) is 10.2 Å². The van der Waals surface area contributed by atoms with Gasteiger partial charge in [0.2, 0.25) is 11.8 Å². The molecular formula is C27H31FN4O4. The van der Waals surface area contributed by atoms with Crippen LogP contribution < -0.4 is 15.1 Å². The molecule has 1 N–H and O–H groups in total. The number of cyclic esters (lactones) is 1. The summed E-state index contributed by atoms with van der Waals surface area (Å²) >= 11 is 0. The Labute approximate surface area is 210 Å². The predicted octanol–water partition coefficient (Wildman–Crippen LogP) is 2.74. The number of nitrogens with zero attached hydrogens (tertiary/aromatic N) is 3. The van der Waals surface area contributed by atoms with Crippen molar-refractivity contribution in [3.63, 3.8) is 0 Å². The first-order valence-electron chi connectivity index (χ1n) is 12.5. The zero-order valence-corrected chi connectivity index (χ0v) is 20.4.